The summed E-state index contributed by atoms with van der Waals surface area (Å²) in [6, 6.07) is 4.05. The Hall–Kier alpha value is -2.87. The molecule has 2 atom stereocenters. The third kappa shape index (κ3) is 3.20. The summed E-state index contributed by atoms with van der Waals surface area (Å²) in [7, 11) is 3.20. The van der Waals surface area contributed by atoms with Crippen LogP contribution in [0, 0.1) is 0 Å². The molecule has 0 unspecified atom stereocenters. The van der Waals surface area contributed by atoms with Crippen molar-refractivity contribution in [2.45, 2.75) is 18.5 Å². The van der Waals surface area contributed by atoms with Crippen LogP contribution < -0.4 is 15.5 Å². The zero-order valence-electron chi connectivity index (χ0n) is 13.9. The van der Waals surface area contributed by atoms with E-state index in [0.717, 1.165) is 0 Å². The van der Waals surface area contributed by atoms with Crippen LogP contribution >= 0.6 is 0 Å². The third-order valence-electron chi connectivity index (χ3n) is 4.50. The highest BCUT2D eigenvalue weighted by molar-refractivity contribution is 5.97. The Morgan fingerprint density at radius 2 is 2.16 bits per heavy atom. The molecule has 0 spiro atoms. The number of nitrogens with zero attached hydrogens (tertiary/aromatic N) is 1. The van der Waals surface area contributed by atoms with E-state index in [9.17, 15) is 14.4 Å². The highest BCUT2D eigenvalue weighted by atomic mass is 16.5. The molecule has 0 aliphatic carbocycles. The Bertz CT molecular complexity index is 891. The Morgan fingerprint density at radius 3 is 2.80 bits per heavy atom. The van der Waals surface area contributed by atoms with Gasteiger partial charge in [0, 0.05) is 29.7 Å². The van der Waals surface area contributed by atoms with Crippen molar-refractivity contribution in [1.29, 1.82) is 0 Å². The monoisotopic (exact) mass is 345 g/mol. The van der Waals surface area contributed by atoms with Gasteiger partial charge in [-0.25, -0.2) is 0 Å². The Balaban J connectivity index is 1.84. The average Bonchev–Trinajstić information content (AvgIpc) is 2.95. The van der Waals surface area contributed by atoms with E-state index in [0.29, 0.717) is 29.6 Å². The van der Waals surface area contributed by atoms with Gasteiger partial charge in [0.05, 0.1) is 7.11 Å². The normalized spacial score (nSPS) is 20.6. The Kier molecular flexibility index (Phi) is 4.45. The van der Waals surface area contributed by atoms with Crippen molar-refractivity contribution in [3.63, 3.8) is 0 Å². The smallest absolute Gasteiger partial charge is 0.320 e. The fraction of sp³-hybridized carbons (Fsp3) is 0.353. The summed E-state index contributed by atoms with van der Waals surface area (Å²) >= 11 is 0. The number of ether oxygens (including phenoxy) is 1. The number of hydrogen-bond donors (Lipinski definition) is 3. The molecule has 1 aromatic heterocycles. The number of pyridine rings is 1. The van der Waals surface area contributed by atoms with Crippen LogP contribution in [0.15, 0.2) is 29.2 Å². The number of likely N-dealkylation sites (tertiary alicyclic amines) is 1. The molecule has 1 aliphatic heterocycles. The van der Waals surface area contributed by atoms with E-state index in [1.807, 2.05) is 0 Å². The zero-order valence-corrected chi connectivity index (χ0v) is 13.9. The SMILES string of the molecule is COc1ccc2[nH]cc(C(=O)N[C@H]3C[C@@H](C(=O)O)N(C)C3)c(=O)c2c1. The van der Waals surface area contributed by atoms with Gasteiger partial charge in [-0.1, -0.05) is 0 Å². The van der Waals surface area contributed by atoms with Crippen LogP contribution in [-0.4, -0.2) is 59.7 Å². The van der Waals surface area contributed by atoms with Gasteiger partial charge in [-0.05, 0) is 31.7 Å². The van der Waals surface area contributed by atoms with Crippen LogP contribution in [0.25, 0.3) is 10.9 Å². The molecule has 0 radical (unpaired) electrons. The molecule has 1 saturated heterocycles. The second-order valence-electron chi connectivity index (χ2n) is 6.14. The second-order valence-corrected chi connectivity index (χ2v) is 6.14. The first kappa shape index (κ1) is 17.0. The van der Waals surface area contributed by atoms with Crippen LogP contribution in [0.2, 0.25) is 0 Å². The molecule has 2 heterocycles. The minimum absolute atomic E-state index is 0.0119. The quantitative estimate of drug-likeness (QED) is 0.741. The number of benzene rings is 1. The summed E-state index contributed by atoms with van der Waals surface area (Å²) in [4.78, 5) is 40.8. The van der Waals surface area contributed by atoms with Gasteiger partial charge in [-0.2, -0.15) is 0 Å². The van der Waals surface area contributed by atoms with Gasteiger partial charge in [0.1, 0.15) is 17.4 Å². The van der Waals surface area contributed by atoms with Gasteiger partial charge in [-0.15, -0.1) is 0 Å². The number of likely N-dealkylation sites (N-methyl/N-ethyl adjacent to an activating group) is 1. The van der Waals surface area contributed by atoms with Crippen molar-refractivity contribution in [2.75, 3.05) is 20.7 Å². The van der Waals surface area contributed by atoms with E-state index in [4.69, 9.17) is 9.84 Å². The molecule has 8 heteroatoms. The molecule has 1 fully saturated rings. The number of carbonyl (C=O) groups is 2. The topological polar surface area (TPSA) is 112 Å². The van der Waals surface area contributed by atoms with Crippen molar-refractivity contribution in [1.82, 2.24) is 15.2 Å². The number of hydrogen-bond acceptors (Lipinski definition) is 5. The zero-order chi connectivity index (χ0) is 18.1. The summed E-state index contributed by atoms with van der Waals surface area (Å²) in [6.45, 7) is 0.419. The number of methoxy groups -OCH3 is 1. The van der Waals surface area contributed by atoms with Crippen molar-refractivity contribution >= 4 is 22.8 Å². The fourth-order valence-corrected chi connectivity index (χ4v) is 3.15. The summed E-state index contributed by atoms with van der Waals surface area (Å²) < 4.78 is 5.12. The van der Waals surface area contributed by atoms with Crippen molar-refractivity contribution in [3.8, 4) is 5.75 Å². The Labute approximate surface area is 143 Å². The number of fused-ring (bicyclic) bond motifs is 1. The predicted molar refractivity (Wildman–Crippen MR) is 91.0 cm³/mol. The van der Waals surface area contributed by atoms with Gasteiger partial charge >= 0.3 is 5.97 Å². The highest BCUT2D eigenvalue weighted by Gasteiger charge is 2.35. The third-order valence-corrected chi connectivity index (χ3v) is 4.50. The number of amides is 1. The summed E-state index contributed by atoms with van der Waals surface area (Å²) in [6.07, 6.45) is 1.68. The first-order chi connectivity index (χ1) is 11.9. The lowest BCUT2D eigenvalue weighted by Crippen LogP contribution is -2.38. The lowest BCUT2D eigenvalue weighted by molar-refractivity contribution is -0.141. The van der Waals surface area contributed by atoms with E-state index < -0.39 is 23.3 Å². The lowest BCUT2D eigenvalue weighted by Gasteiger charge is -2.13. The minimum Gasteiger partial charge on any atom is -0.497 e. The maximum atomic E-state index is 12.6. The van der Waals surface area contributed by atoms with Gasteiger partial charge in [-0.3, -0.25) is 19.3 Å². The molecule has 8 nitrogen and oxygen atoms in total. The largest absolute Gasteiger partial charge is 0.497 e. The molecule has 0 bridgehead atoms. The molecule has 1 aliphatic rings. The fourth-order valence-electron chi connectivity index (χ4n) is 3.15. The number of carboxylic acids is 1. The van der Waals surface area contributed by atoms with E-state index in [2.05, 4.69) is 10.3 Å². The van der Waals surface area contributed by atoms with E-state index in [-0.39, 0.29) is 11.6 Å². The summed E-state index contributed by atoms with van der Waals surface area (Å²) in [5.74, 6) is -0.914. The van der Waals surface area contributed by atoms with Crippen molar-refractivity contribution in [3.05, 3.63) is 40.2 Å². The number of carboxylic acid groups (broad SMARTS) is 1. The molecule has 2 aromatic rings. The van der Waals surface area contributed by atoms with Crippen molar-refractivity contribution < 1.29 is 19.4 Å². The molecule has 132 valence electrons. The van der Waals surface area contributed by atoms with Crippen LogP contribution in [-0.2, 0) is 4.79 Å². The number of aromatic nitrogens is 1. The number of H-pyrrole nitrogens is 1. The predicted octanol–water partition coefficient (Wildman–Crippen LogP) is 0.424. The van der Waals surface area contributed by atoms with Gasteiger partial charge in [0.2, 0.25) is 5.43 Å². The average molecular weight is 345 g/mol. The molecule has 25 heavy (non-hydrogen) atoms. The number of rotatable bonds is 4. The van der Waals surface area contributed by atoms with E-state index >= 15 is 0 Å². The number of nitrogens with one attached hydrogen (secondary N) is 2. The second kappa shape index (κ2) is 6.56. The molecule has 3 N–H and O–H groups in total. The molecule has 1 aromatic carbocycles. The lowest BCUT2D eigenvalue weighted by atomic mass is 10.1. The first-order valence-electron chi connectivity index (χ1n) is 7.84. The van der Waals surface area contributed by atoms with E-state index in [1.54, 1.807) is 30.1 Å². The molecular weight excluding hydrogens is 326 g/mol. The highest BCUT2D eigenvalue weighted by Crippen LogP contribution is 2.18. The maximum absolute atomic E-state index is 12.6. The Morgan fingerprint density at radius 1 is 1.40 bits per heavy atom. The first-order valence-corrected chi connectivity index (χ1v) is 7.84. The number of aliphatic carboxylic acids is 1. The maximum Gasteiger partial charge on any atom is 0.320 e. The van der Waals surface area contributed by atoms with Crippen LogP contribution in [0.4, 0.5) is 0 Å². The minimum atomic E-state index is -0.921. The summed E-state index contributed by atoms with van der Waals surface area (Å²) in [5, 5.41) is 12.3. The van der Waals surface area contributed by atoms with E-state index in [1.165, 1.54) is 13.3 Å². The molecular formula is C17H19N3O5. The summed E-state index contributed by atoms with van der Waals surface area (Å²) in [5.41, 5.74) is 0.197. The van der Waals surface area contributed by atoms with Gasteiger partial charge in [0.15, 0.2) is 0 Å². The van der Waals surface area contributed by atoms with Crippen molar-refractivity contribution in [2.24, 2.45) is 0 Å². The van der Waals surface area contributed by atoms with Crippen LogP contribution in [0.1, 0.15) is 16.8 Å². The van der Waals surface area contributed by atoms with Crippen LogP contribution in [0.5, 0.6) is 5.75 Å². The van der Waals surface area contributed by atoms with Gasteiger partial charge in [0.25, 0.3) is 5.91 Å². The van der Waals surface area contributed by atoms with Crippen LogP contribution in [0.3, 0.4) is 0 Å². The standard InChI is InChI=1S/C17H19N3O5/c1-20-8-9(5-14(20)17(23)24)19-16(22)12-7-18-13-4-3-10(25-2)6-11(13)15(12)21/h3-4,6-7,9,14H,5,8H2,1-2H3,(H,18,21)(H,19,22)(H,23,24)/t9-,14-/m0/s1. The number of aromatic amines is 1. The molecule has 0 saturated carbocycles. The molecule has 1 amide bonds. The number of carbonyl (C=O) groups excluding carboxylic acids is 1. The van der Waals surface area contributed by atoms with Gasteiger partial charge < -0.3 is 20.1 Å². The molecule has 3 rings (SSSR count).